The number of carbonyl (C=O) groups excluding carboxylic acids is 2. The van der Waals surface area contributed by atoms with E-state index >= 15 is 0 Å². The van der Waals surface area contributed by atoms with E-state index in [1.54, 1.807) is 18.2 Å². The number of primary sulfonamides is 1. The molecule has 7 nitrogen and oxygen atoms in total. The predicted octanol–water partition coefficient (Wildman–Crippen LogP) is 2.06. The lowest BCUT2D eigenvalue weighted by atomic mass is 10.2. The van der Waals surface area contributed by atoms with Crippen LogP contribution in [-0.2, 0) is 26.2 Å². The number of halogens is 2. The number of rotatable bonds is 5. The molecule has 0 unspecified atom stereocenters. The van der Waals surface area contributed by atoms with Crippen LogP contribution in [0.2, 0.25) is 10.0 Å². The van der Waals surface area contributed by atoms with Crippen LogP contribution in [0.3, 0.4) is 0 Å². The SMILES string of the molecule is NS(=O)(=O)c1ccc(CN[C@H]2CC(=O)N(c3ccc(Cl)c(Cl)c3)C2=O)cc1. The highest BCUT2D eigenvalue weighted by Crippen LogP contribution is 2.30. The van der Waals surface area contributed by atoms with Crippen LogP contribution >= 0.6 is 23.2 Å². The molecule has 3 N–H and O–H groups in total. The average molecular weight is 428 g/mol. The number of sulfonamides is 1. The number of amides is 2. The van der Waals surface area contributed by atoms with Gasteiger partial charge in [-0.05, 0) is 35.9 Å². The Bertz CT molecular complexity index is 1010. The molecule has 0 aromatic heterocycles. The van der Waals surface area contributed by atoms with Gasteiger partial charge in [0.15, 0.2) is 0 Å². The quantitative estimate of drug-likeness (QED) is 0.709. The Hall–Kier alpha value is -1.97. The number of nitrogens with two attached hydrogens (primary N) is 1. The summed E-state index contributed by atoms with van der Waals surface area (Å²) in [6.07, 6.45) is 0.00828. The minimum absolute atomic E-state index is 0.00385. The lowest BCUT2D eigenvalue weighted by Crippen LogP contribution is -2.38. The fourth-order valence-electron chi connectivity index (χ4n) is 2.72. The summed E-state index contributed by atoms with van der Waals surface area (Å²) in [4.78, 5) is 25.9. The topological polar surface area (TPSA) is 110 Å². The predicted molar refractivity (Wildman–Crippen MR) is 102 cm³/mol. The van der Waals surface area contributed by atoms with Gasteiger partial charge in [-0.25, -0.2) is 18.5 Å². The van der Waals surface area contributed by atoms with Gasteiger partial charge in [0.25, 0.3) is 5.91 Å². The molecular formula is C17H15Cl2N3O4S. The molecule has 3 rings (SSSR count). The van der Waals surface area contributed by atoms with Crippen molar-refractivity contribution in [3.63, 3.8) is 0 Å². The van der Waals surface area contributed by atoms with Gasteiger partial charge in [-0.15, -0.1) is 0 Å². The van der Waals surface area contributed by atoms with E-state index in [0.717, 1.165) is 10.5 Å². The summed E-state index contributed by atoms with van der Waals surface area (Å²) in [6, 6.07) is 9.80. The van der Waals surface area contributed by atoms with Crippen molar-refractivity contribution in [3.05, 3.63) is 58.1 Å². The Labute approximate surface area is 166 Å². The van der Waals surface area contributed by atoms with E-state index in [0.29, 0.717) is 10.7 Å². The smallest absolute Gasteiger partial charge is 0.251 e. The highest BCUT2D eigenvalue weighted by molar-refractivity contribution is 7.89. The Balaban J connectivity index is 1.69. The molecule has 1 atom stereocenters. The molecule has 0 spiro atoms. The van der Waals surface area contributed by atoms with Crippen molar-refractivity contribution in [1.82, 2.24) is 5.32 Å². The zero-order valence-electron chi connectivity index (χ0n) is 13.9. The molecule has 1 fully saturated rings. The van der Waals surface area contributed by atoms with Crippen LogP contribution in [-0.4, -0.2) is 26.3 Å². The third-order valence-corrected chi connectivity index (χ3v) is 5.78. The number of anilines is 1. The van der Waals surface area contributed by atoms with E-state index in [9.17, 15) is 18.0 Å². The highest BCUT2D eigenvalue weighted by Gasteiger charge is 2.39. The third-order valence-electron chi connectivity index (χ3n) is 4.11. The van der Waals surface area contributed by atoms with E-state index < -0.39 is 16.1 Å². The lowest BCUT2D eigenvalue weighted by molar-refractivity contribution is -0.121. The minimum atomic E-state index is -3.76. The number of hydrogen-bond donors (Lipinski definition) is 2. The molecule has 10 heteroatoms. The zero-order chi connectivity index (χ0) is 19.8. The highest BCUT2D eigenvalue weighted by atomic mass is 35.5. The summed E-state index contributed by atoms with van der Waals surface area (Å²) >= 11 is 11.8. The first-order chi connectivity index (χ1) is 12.7. The largest absolute Gasteiger partial charge is 0.301 e. The normalized spacial score (nSPS) is 17.6. The van der Waals surface area contributed by atoms with Gasteiger partial charge in [0.2, 0.25) is 15.9 Å². The zero-order valence-corrected chi connectivity index (χ0v) is 16.2. The maximum Gasteiger partial charge on any atom is 0.251 e. The van der Waals surface area contributed by atoms with E-state index in [2.05, 4.69) is 5.32 Å². The Kier molecular flexibility index (Phi) is 5.55. The van der Waals surface area contributed by atoms with Crippen molar-refractivity contribution < 1.29 is 18.0 Å². The van der Waals surface area contributed by atoms with Gasteiger partial charge >= 0.3 is 0 Å². The van der Waals surface area contributed by atoms with Crippen LogP contribution in [0, 0.1) is 0 Å². The van der Waals surface area contributed by atoms with Crippen molar-refractivity contribution >= 4 is 50.7 Å². The summed E-state index contributed by atoms with van der Waals surface area (Å²) in [5.74, 6) is -0.736. The van der Waals surface area contributed by atoms with Gasteiger partial charge in [-0.2, -0.15) is 0 Å². The first kappa shape index (κ1) is 19.8. The van der Waals surface area contributed by atoms with Crippen molar-refractivity contribution in [2.45, 2.75) is 23.9 Å². The summed E-state index contributed by atoms with van der Waals surface area (Å²) in [7, 11) is -3.76. The van der Waals surface area contributed by atoms with Crippen LogP contribution in [0.4, 0.5) is 5.69 Å². The van der Waals surface area contributed by atoms with Gasteiger partial charge < -0.3 is 5.32 Å². The van der Waals surface area contributed by atoms with E-state index in [-0.39, 0.29) is 34.7 Å². The minimum Gasteiger partial charge on any atom is -0.301 e. The molecule has 1 aliphatic heterocycles. The molecule has 1 heterocycles. The van der Waals surface area contributed by atoms with Crippen LogP contribution in [0.25, 0.3) is 0 Å². The van der Waals surface area contributed by atoms with Crippen LogP contribution < -0.4 is 15.4 Å². The van der Waals surface area contributed by atoms with E-state index in [4.69, 9.17) is 28.3 Å². The van der Waals surface area contributed by atoms with E-state index in [1.165, 1.54) is 24.3 Å². The molecule has 0 radical (unpaired) electrons. The molecule has 1 saturated heterocycles. The number of carbonyl (C=O) groups is 2. The van der Waals surface area contributed by atoms with Gasteiger partial charge in [0.1, 0.15) is 0 Å². The molecule has 1 aliphatic rings. The number of benzene rings is 2. The Morgan fingerprint density at radius 3 is 2.33 bits per heavy atom. The first-order valence-electron chi connectivity index (χ1n) is 7.84. The Morgan fingerprint density at radius 2 is 1.74 bits per heavy atom. The number of hydrogen-bond acceptors (Lipinski definition) is 5. The van der Waals surface area contributed by atoms with Crippen molar-refractivity contribution in [3.8, 4) is 0 Å². The summed E-state index contributed by atoms with van der Waals surface area (Å²) in [5, 5.41) is 8.65. The van der Waals surface area contributed by atoms with E-state index in [1.807, 2.05) is 0 Å². The second kappa shape index (κ2) is 7.57. The molecule has 2 amide bonds. The first-order valence-corrected chi connectivity index (χ1v) is 10.1. The van der Waals surface area contributed by atoms with Crippen molar-refractivity contribution in [2.75, 3.05) is 4.90 Å². The van der Waals surface area contributed by atoms with Gasteiger partial charge in [-0.1, -0.05) is 35.3 Å². The molecule has 27 heavy (non-hydrogen) atoms. The molecule has 142 valence electrons. The van der Waals surface area contributed by atoms with Crippen molar-refractivity contribution in [1.29, 1.82) is 0 Å². The van der Waals surface area contributed by atoms with Crippen LogP contribution in [0.15, 0.2) is 47.4 Å². The molecule has 2 aromatic rings. The maximum absolute atomic E-state index is 12.6. The van der Waals surface area contributed by atoms with Crippen molar-refractivity contribution in [2.24, 2.45) is 5.14 Å². The monoisotopic (exact) mass is 427 g/mol. The number of imide groups is 1. The molecule has 0 bridgehead atoms. The fourth-order valence-corrected chi connectivity index (χ4v) is 3.53. The summed E-state index contributed by atoms with van der Waals surface area (Å²) in [6.45, 7) is 0.282. The Morgan fingerprint density at radius 1 is 1.07 bits per heavy atom. The molecule has 0 saturated carbocycles. The fraction of sp³-hybridized carbons (Fsp3) is 0.176. The van der Waals surface area contributed by atoms with Gasteiger partial charge in [0.05, 0.1) is 33.1 Å². The summed E-state index contributed by atoms with van der Waals surface area (Å²) in [5.41, 5.74) is 1.11. The average Bonchev–Trinajstić information content (AvgIpc) is 2.89. The standard InChI is InChI=1S/C17H15Cl2N3O4S/c18-13-6-3-11(7-14(13)19)22-16(23)8-15(17(22)24)21-9-10-1-4-12(5-2-10)27(20,25)26/h1-7,15,21H,8-9H2,(H2,20,25,26)/t15-/m0/s1. The van der Waals surface area contributed by atoms with Gasteiger partial charge in [0, 0.05) is 6.54 Å². The second-order valence-electron chi connectivity index (χ2n) is 5.99. The third kappa shape index (κ3) is 4.31. The lowest BCUT2D eigenvalue weighted by Gasteiger charge is -2.16. The molecule has 2 aromatic carbocycles. The second-order valence-corrected chi connectivity index (χ2v) is 8.37. The number of nitrogens with one attached hydrogen (secondary N) is 1. The molecule has 0 aliphatic carbocycles. The number of nitrogens with zero attached hydrogens (tertiary/aromatic N) is 1. The van der Waals surface area contributed by atoms with Crippen LogP contribution in [0.1, 0.15) is 12.0 Å². The van der Waals surface area contributed by atoms with Gasteiger partial charge in [-0.3, -0.25) is 9.59 Å². The maximum atomic E-state index is 12.6. The van der Waals surface area contributed by atoms with Crippen LogP contribution in [0.5, 0.6) is 0 Å². The molecular weight excluding hydrogens is 413 g/mol. The summed E-state index contributed by atoms with van der Waals surface area (Å²) < 4.78 is 22.5.